The Morgan fingerprint density at radius 1 is 1.00 bits per heavy atom. The van der Waals surface area contributed by atoms with Crippen LogP contribution in [-0.2, 0) is 9.59 Å². The zero-order valence-corrected chi connectivity index (χ0v) is 16.9. The van der Waals surface area contributed by atoms with E-state index in [-0.39, 0.29) is 11.2 Å². The first-order valence-electron chi connectivity index (χ1n) is 9.21. The van der Waals surface area contributed by atoms with E-state index in [0.717, 1.165) is 17.1 Å². The van der Waals surface area contributed by atoms with Crippen LogP contribution in [0, 0.1) is 5.82 Å². The third-order valence-electron chi connectivity index (χ3n) is 4.10. The molecule has 28 heavy (non-hydrogen) atoms. The number of imide groups is 1. The molecule has 6 heteroatoms. The molecule has 3 rings (SSSR count). The van der Waals surface area contributed by atoms with Crippen LogP contribution in [0.2, 0.25) is 0 Å². The lowest BCUT2D eigenvalue weighted by Crippen LogP contribution is -2.31. The fourth-order valence-electron chi connectivity index (χ4n) is 2.87. The lowest BCUT2D eigenvalue weighted by atomic mass is 10.1. The molecule has 2 aromatic rings. The van der Waals surface area contributed by atoms with Crippen molar-refractivity contribution in [3.8, 4) is 5.75 Å². The number of rotatable bonds is 7. The first-order chi connectivity index (χ1) is 13.4. The number of carbonyl (C=O) groups is 2. The standard InChI is InChI=1S/C22H22FNO3S/c1-4-13-27-18-11-5-15(6-12-18)19-20(28-14(2)3)22(26)24(21(19)25)17-9-7-16(23)8-10-17/h5-12,14H,4,13H2,1-3H3. The average Bonchev–Trinajstić information content (AvgIpc) is 2.91. The van der Waals surface area contributed by atoms with Gasteiger partial charge in [0.1, 0.15) is 11.6 Å². The highest BCUT2D eigenvalue weighted by atomic mass is 32.2. The Morgan fingerprint density at radius 3 is 2.21 bits per heavy atom. The number of ether oxygens (including phenoxy) is 1. The summed E-state index contributed by atoms with van der Waals surface area (Å²) in [6.07, 6.45) is 0.904. The van der Waals surface area contributed by atoms with Gasteiger partial charge in [-0.1, -0.05) is 32.9 Å². The van der Waals surface area contributed by atoms with Crippen LogP contribution >= 0.6 is 11.8 Å². The summed E-state index contributed by atoms with van der Waals surface area (Å²) < 4.78 is 18.9. The van der Waals surface area contributed by atoms with Crippen molar-refractivity contribution in [2.24, 2.45) is 0 Å². The summed E-state index contributed by atoms with van der Waals surface area (Å²) in [5.41, 5.74) is 1.39. The number of anilines is 1. The highest BCUT2D eigenvalue weighted by molar-refractivity contribution is 8.04. The maximum absolute atomic E-state index is 13.3. The topological polar surface area (TPSA) is 46.6 Å². The Bertz CT molecular complexity index is 904. The van der Waals surface area contributed by atoms with E-state index in [1.165, 1.54) is 36.0 Å². The number of thioether (sulfide) groups is 1. The van der Waals surface area contributed by atoms with Gasteiger partial charge in [-0.15, -0.1) is 11.8 Å². The predicted molar refractivity (Wildman–Crippen MR) is 111 cm³/mol. The number of carbonyl (C=O) groups excluding carboxylic acids is 2. The van der Waals surface area contributed by atoms with E-state index in [9.17, 15) is 14.0 Å². The van der Waals surface area contributed by atoms with Crippen LogP contribution in [0.3, 0.4) is 0 Å². The van der Waals surface area contributed by atoms with E-state index < -0.39 is 11.7 Å². The average molecular weight is 399 g/mol. The third kappa shape index (κ3) is 4.12. The Balaban J connectivity index is 1.99. The van der Waals surface area contributed by atoms with Gasteiger partial charge in [-0.25, -0.2) is 9.29 Å². The number of amides is 2. The molecular formula is C22H22FNO3S. The molecule has 2 amide bonds. The van der Waals surface area contributed by atoms with Gasteiger partial charge in [0.25, 0.3) is 11.8 Å². The molecule has 0 spiro atoms. The summed E-state index contributed by atoms with van der Waals surface area (Å²) in [5.74, 6) is -0.481. The molecule has 1 aliphatic rings. The number of nitrogens with zero attached hydrogens (tertiary/aromatic N) is 1. The van der Waals surface area contributed by atoms with Gasteiger partial charge in [0.2, 0.25) is 0 Å². The number of hydrogen-bond acceptors (Lipinski definition) is 4. The van der Waals surface area contributed by atoms with Crippen molar-refractivity contribution < 1.29 is 18.7 Å². The van der Waals surface area contributed by atoms with E-state index in [1.54, 1.807) is 24.3 Å². The van der Waals surface area contributed by atoms with Gasteiger partial charge >= 0.3 is 0 Å². The monoisotopic (exact) mass is 399 g/mol. The first kappa shape index (κ1) is 20.1. The molecule has 0 fully saturated rings. The van der Waals surface area contributed by atoms with E-state index in [4.69, 9.17) is 4.74 Å². The zero-order valence-electron chi connectivity index (χ0n) is 16.1. The molecule has 0 aromatic heterocycles. The summed E-state index contributed by atoms with van der Waals surface area (Å²) in [6, 6.07) is 12.5. The molecule has 0 unspecified atom stereocenters. The molecule has 2 aromatic carbocycles. The molecule has 0 atom stereocenters. The van der Waals surface area contributed by atoms with Crippen LogP contribution in [0.4, 0.5) is 10.1 Å². The van der Waals surface area contributed by atoms with Crippen molar-refractivity contribution in [1.29, 1.82) is 0 Å². The van der Waals surface area contributed by atoms with Crippen molar-refractivity contribution in [2.45, 2.75) is 32.4 Å². The second-order valence-electron chi connectivity index (χ2n) is 6.67. The zero-order chi connectivity index (χ0) is 20.3. The minimum atomic E-state index is -0.421. The van der Waals surface area contributed by atoms with E-state index in [1.807, 2.05) is 20.8 Å². The molecule has 146 valence electrons. The first-order valence-corrected chi connectivity index (χ1v) is 10.1. The SMILES string of the molecule is CCCOc1ccc(C2=C(SC(C)C)C(=O)N(c3ccc(F)cc3)C2=O)cc1. The normalized spacial score (nSPS) is 14.4. The lowest BCUT2D eigenvalue weighted by Gasteiger charge is -2.15. The molecule has 0 aliphatic carbocycles. The summed E-state index contributed by atoms with van der Waals surface area (Å²) in [5, 5.41) is 0.127. The summed E-state index contributed by atoms with van der Waals surface area (Å²) in [4.78, 5) is 27.7. The molecular weight excluding hydrogens is 377 g/mol. The minimum Gasteiger partial charge on any atom is -0.494 e. The Morgan fingerprint density at radius 2 is 1.64 bits per heavy atom. The quantitative estimate of drug-likeness (QED) is 0.612. The Labute approximate surface area is 168 Å². The fourth-order valence-corrected chi connectivity index (χ4v) is 3.86. The van der Waals surface area contributed by atoms with E-state index >= 15 is 0 Å². The summed E-state index contributed by atoms with van der Waals surface area (Å²) >= 11 is 1.36. The predicted octanol–water partition coefficient (Wildman–Crippen LogP) is 5.04. The second-order valence-corrected chi connectivity index (χ2v) is 8.25. The van der Waals surface area contributed by atoms with Gasteiger partial charge in [0.05, 0.1) is 22.8 Å². The van der Waals surface area contributed by atoms with Gasteiger partial charge in [0, 0.05) is 5.25 Å². The maximum atomic E-state index is 13.3. The molecule has 1 heterocycles. The van der Waals surface area contributed by atoms with Gasteiger partial charge in [-0.05, 0) is 48.4 Å². The van der Waals surface area contributed by atoms with Crippen LogP contribution in [0.1, 0.15) is 32.8 Å². The van der Waals surface area contributed by atoms with Crippen molar-refractivity contribution in [2.75, 3.05) is 11.5 Å². The minimum absolute atomic E-state index is 0.127. The van der Waals surface area contributed by atoms with Crippen LogP contribution in [0.25, 0.3) is 5.57 Å². The highest BCUT2D eigenvalue weighted by Gasteiger charge is 2.40. The van der Waals surface area contributed by atoms with Crippen LogP contribution in [0.15, 0.2) is 53.4 Å². The molecule has 0 radical (unpaired) electrons. The van der Waals surface area contributed by atoms with Crippen LogP contribution < -0.4 is 9.64 Å². The Hall–Kier alpha value is -2.60. The molecule has 0 saturated heterocycles. The third-order valence-corrected chi connectivity index (χ3v) is 5.18. The second kappa shape index (κ2) is 8.61. The van der Waals surface area contributed by atoms with E-state index in [0.29, 0.717) is 28.3 Å². The largest absolute Gasteiger partial charge is 0.494 e. The summed E-state index contributed by atoms with van der Waals surface area (Å²) in [6.45, 7) is 6.58. The molecule has 4 nitrogen and oxygen atoms in total. The lowest BCUT2D eigenvalue weighted by molar-refractivity contribution is -0.119. The molecule has 0 N–H and O–H groups in total. The maximum Gasteiger partial charge on any atom is 0.272 e. The fraction of sp³-hybridized carbons (Fsp3) is 0.273. The van der Waals surface area contributed by atoms with Crippen molar-refractivity contribution in [3.05, 3.63) is 64.8 Å². The van der Waals surface area contributed by atoms with Crippen LogP contribution in [-0.4, -0.2) is 23.7 Å². The highest BCUT2D eigenvalue weighted by Crippen LogP contribution is 2.40. The smallest absolute Gasteiger partial charge is 0.272 e. The van der Waals surface area contributed by atoms with E-state index in [2.05, 4.69) is 0 Å². The van der Waals surface area contributed by atoms with Gasteiger partial charge < -0.3 is 4.74 Å². The van der Waals surface area contributed by atoms with Gasteiger partial charge in [0.15, 0.2) is 0 Å². The van der Waals surface area contributed by atoms with Gasteiger partial charge in [-0.2, -0.15) is 0 Å². The molecule has 1 aliphatic heterocycles. The number of halogens is 1. The van der Waals surface area contributed by atoms with Crippen LogP contribution in [0.5, 0.6) is 5.75 Å². The molecule has 0 saturated carbocycles. The van der Waals surface area contributed by atoms with Crippen molar-refractivity contribution in [1.82, 2.24) is 0 Å². The van der Waals surface area contributed by atoms with Crippen molar-refractivity contribution >= 4 is 34.8 Å². The summed E-state index contributed by atoms with van der Waals surface area (Å²) in [7, 11) is 0. The van der Waals surface area contributed by atoms with Gasteiger partial charge in [-0.3, -0.25) is 9.59 Å². The number of benzene rings is 2. The van der Waals surface area contributed by atoms with Crippen molar-refractivity contribution in [3.63, 3.8) is 0 Å². The Kier molecular flexibility index (Phi) is 6.19. The molecule has 0 bridgehead atoms. The number of hydrogen-bond donors (Lipinski definition) is 0.